The van der Waals surface area contributed by atoms with Crippen LogP contribution < -0.4 is 9.47 Å². The number of hydrogen-bond donors (Lipinski definition) is 0. The number of unbranched alkanes of at least 4 members (excludes halogenated alkanes) is 3. The molecule has 4 aromatic carbocycles. The molecule has 0 saturated carbocycles. The predicted octanol–water partition coefficient (Wildman–Crippen LogP) is 8.49. The van der Waals surface area contributed by atoms with E-state index in [9.17, 15) is 4.79 Å². The van der Waals surface area contributed by atoms with Gasteiger partial charge in [0.1, 0.15) is 17.1 Å². The van der Waals surface area contributed by atoms with Crippen LogP contribution in [0.1, 0.15) is 81.2 Å². The second-order valence-electron chi connectivity index (χ2n) is 11.4. The van der Waals surface area contributed by atoms with Crippen LogP contribution in [0.5, 0.6) is 11.5 Å². The molecule has 0 aromatic heterocycles. The maximum absolute atomic E-state index is 10.2. The second-order valence-corrected chi connectivity index (χ2v) is 11.4. The first-order chi connectivity index (χ1) is 20.8. The lowest BCUT2D eigenvalue weighted by molar-refractivity contribution is -0.128. The molecule has 0 fully saturated rings. The molecule has 0 saturated heterocycles. The Morgan fingerprint density at radius 3 is 2.00 bits per heavy atom. The van der Waals surface area contributed by atoms with Crippen molar-refractivity contribution >= 4 is 17.2 Å². The standard InChI is InChI=1S/C39H40O4/c1-5-33-26-31(11-10-30-15-21-37(22-16-30)43-39(2,3)4)12-17-34(33)18-13-32-14-19-36-28-38(23-20-35(36)27-32)42-25-9-7-6-8-24-41-29-40/h12,14-17,19-23,26-29H,5-9,24-25H2,1-4H3. The first-order valence-corrected chi connectivity index (χ1v) is 15.0. The van der Waals surface area contributed by atoms with Crippen molar-refractivity contribution < 1.29 is 19.0 Å². The smallest absolute Gasteiger partial charge is 0.293 e. The lowest BCUT2D eigenvalue weighted by Gasteiger charge is -2.21. The number of hydrogen-bond acceptors (Lipinski definition) is 4. The third kappa shape index (κ3) is 10.3. The zero-order valence-electron chi connectivity index (χ0n) is 25.7. The van der Waals surface area contributed by atoms with Gasteiger partial charge >= 0.3 is 0 Å². The van der Waals surface area contributed by atoms with Crippen LogP contribution in [0.4, 0.5) is 0 Å². The van der Waals surface area contributed by atoms with Crippen molar-refractivity contribution in [3.8, 4) is 35.2 Å². The van der Waals surface area contributed by atoms with Crippen LogP contribution in [0.2, 0.25) is 0 Å². The van der Waals surface area contributed by atoms with Gasteiger partial charge in [0, 0.05) is 22.3 Å². The minimum absolute atomic E-state index is 0.223. The predicted molar refractivity (Wildman–Crippen MR) is 175 cm³/mol. The molecule has 4 nitrogen and oxygen atoms in total. The molecule has 4 rings (SSSR count). The van der Waals surface area contributed by atoms with Crippen molar-refractivity contribution in [1.82, 2.24) is 0 Å². The fraction of sp³-hybridized carbons (Fsp3) is 0.308. The van der Waals surface area contributed by atoms with Crippen LogP contribution in [-0.2, 0) is 16.0 Å². The topological polar surface area (TPSA) is 44.8 Å². The Balaban J connectivity index is 1.36. The van der Waals surface area contributed by atoms with Gasteiger partial charge in [0.25, 0.3) is 6.47 Å². The first kappa shape index (κ1) is 31.3. The summed E-state index contributed by atoms with van der Waals surface area (Å²) in [5, 5.41) is 2.26. The summed E-state index contributed by atoms with van der Waals surface area (Å²) in [6.07, 6.45) is 4.83. The Morgan fingerprint density at radius 1 is 0.651 bits per heavy atom. The van der Waals surface area contributed by atoms with Crippen molar-refractivity contribution in [2.24, 2.45) is 0 Å². The van der Waals surface area contributed by atoms with Crippen molar-refractivity contribution in [1.29, 1.82) is 0 Å². The van der Waals surface area contributed by atoms with E-state index in [0.29, 0.717) is 19.7 Å². The molecule has 43 heavy (non-hydrogen) atoms. The maximum Gasteiger partial charge on any atom is 0.293 e. The van der Waals surface area contributed by atoms with E-state index in [1.54, 1.807) is 0 Å². The molecule has 0 atom stereocenters. The van der Waals surface area contributed by atoms with Gasteiger partial charge in [-0.3, -0.25) is 4.79 Å². The van der Waals surface area contributed by atoms with Crippen LogP contribution >= 0.6 is 0 Å². The summed E-state index contributed by atoms with van der Waals surface area (Å²) >= 11 is 0. The number of carbonyl (C=O) groups is 1. The van der Waals surface area contributed by atoms with E-state index in [0.717, 1.165) is 76.6 Å². The highest BCUT2D eigenvalue weighted by molar-refractivity contribution is 5.85. The fourth-order valence-corrected chi connectivity index (χ4v) is 4.60. The first-order valence-electron chi connectivity index (χ1n) is 15.0. The Hall–Kier alpha value is -4.67. The highest BCUT2D eigenvalue weighted by Gasteiger charge is 2.11. The minimum atomic E-state index is -0.223. The van der Waals surface area contributed by atoms with Crippen LogP contribution in [0.25, 0.3) is 10.8 Å². The summed E-state index contributed by atoms with van der Waals surface area (Å²) in [4.78, 5) is 10.2. The van der Waals surface area contributed by atoms with Gasteiger partial charge in [-0.05, 0) is 136 Å². The number of carbonyl (C=O) groups excluding carboxylic acids is 1. The Labute approximate surface area is 256 Å². The fourth-order valence-electron chi connectivity index (χ4n) is 4.60. The molecule has 0 aliphatic heterocycles. The molecule has 4 aromatic rings. The highest BCUT2D eigenvalue weighted by Crippen LogP contribution is 2.23. The van der Waals surface area contributed by atoms with Gasteiger partial charge in [0.05, 0.1) is 13.2 Å². The van der Waals surface area contributed by atoms with E-state index in [1.807, 2.05) is 57.2 Å². The van der Waals surface area contributed by atoms with Crippen molar-refractivity contribution in [3.05, 3.63) is 107 Å². The van der Waals surface area contributed by atoms with Crippen LogP contribution in [0, 0.1) is 23.7 Å². The number of ether oxygens (including phenoxy) is 3. The van der Waals surface area contributed by atoms with E-state index in [4.69, 9.17) is 14.2 Å². The van der Waals surface area contributed by atoms with Crippen LogP contribution in [0.3, 0.4) is 0 Å². The van der Waals surface area contributed by atoms with Crippen molar-refractivity contribution in [3.63, 3.8) is 0 Å². The summed E-state index contributed by atoms with van der Waals surface area (Å²) in [5.41, 5.74) is 4.89. The van der Waals surface area contributed by atoms with E-state index >= 15 is 0 Å². The van der Waals surface area contributed by atoms with E-state index in [2.05, 4.69) is 73.1 Å². The molecule has 0 amide bonds. The molecule has 220 valence electrons. The summed E-state index contributed by atoms with van der Waals surface area (Å²) in [6.45, 7) is 9.93. The minimum Gasteiger partial charge on any atom is -0.494 e. The molecule has 4 heteroatoms. The normalized spacial score (nSPS) is 10.7. The summed E-state index contributed by atoms with van der Waals surface area (Å²) in [7, 11) is 0. The molecule has 0 bridgehead atoms. The molecule has 0 radical (unpaired) electrons. The zero-order chi connectivity index (χ0) is 30.5. The molecular formula is C39H40O4. The summed E-state index contributed by atoms with van der Waals surface area (Å²) in [6, 6.07) is 26.6. The molecule has 0 aliphatic rings. The molecular weight excluding hydrogens is 532 g/mol. The zero-order valence-corrected chi connectivity index (χ0v) is 25.7. The summed E-state index contributed by atoms with van der Waals surface area (Å²) in [5.74, 6) is 15.0. The van der Waals surface area contributed by atoms with Crippen molar-refractivity contribution in [2.75, 3.05) is 13.2 Å². The van der Waals surface area contributed by atoms with Crippen LogP contribution in [-0.4, -0.2) is 25.3 Å². The van der Waals surface area contributed by atoms with Gasteiger partial charge in [0.2, 0.25) is 0 Å². The van der Waals surface area contributed by atoms with Crippen molar-refractivity contribution in [2.45, 2.75) is 65.4 Å². The van der Waals surface area contributed by atoms with Gasteiger partial charge in [-0.15, -0.1) is 0 Å². The lowest BCUT2D eigenvalue weighted by Crippen LogP contribution is -2.22. The Bertz CT molecular complexity index is 1640. The molecule has 0 aliphatic carbocycles. The van der Waals surface area contributed by atoms with Gasteiger partial charge in [-0.25, -0.2) is 0 Å². The molecule has 0 unspecified atom stereocenters. The van der Waals surface area contributed by atoms with E-state index in [1.165, 1.54) is 5.56 Å². The molecule has 0 heterocycles. The number of aryl methyl sites for hydroxylation is 1. The highest BCUT2D eigenvalue weighted by atomic mass is 16.5. The number of benzene rings is 4. The number of rotatable bonds is 11. The number of fused-ring (bicyclic) bond motifs is 1. The van der Waals surface area contributed by atoms with E-state index in [-0.39, 0.29) is 5.60 Å². The lowest BCUT2D eigenvalue weighted by atomic mass is 10.0. The van der Waals surface area contributed by atoms with Gasteiger partial charge < -0.3 is 14.2 Å². The average molecular weight is 573 g/mol. The largest absolute Gasteiger partial charge is 0.494 e. The summed E-state index contributed by atoms with van der Waals surface area (Å²) < 4.78 is 16.6. The van der Waals surface area contributed by atoms with Gasteiger partial charge in [-0.2, -0.15) is 0 Å². The maximum atomic E-state index is 10.2. The van der Waals surface area contributed by atoms with Gasteiger partial charge in [-0.1, -0.05) is 42.7 Å². The third-order valence-corrected chi connectivity index (χ3v) is 6.76. The molecule has 0 N–H and O–H groups in total. The quantitative estimate of drug-likeness (QED) is 0.103. The van der Waals surface area contributed by atoms with Crippen LogP contribution in [0.15, 0.2) is 78.9 Å². The Morgan fingerprint density at radius 2 is 1.26 bits per heavy atom. The Kier molecular flexibility index (Phi) is 11.3. The third-order valence-electron chi connectivity index (χ3n) is 6.76. The second kappa shape index (κ2) is 15.5. The molecule has 0 spiro atoms. The van der Waals surface area contributed by atoms with E-state index < -0.39 is 0 Å². The average Bonchev–Trinajstić information content (AvgIpc) is 3.00. The monoisotopic (exact) mass is 572 g/mol. The SMILES string of the molecule is CCc1cc(C#Cc2ccc(OC(C)(C)C)cc2)ccc1C#Cc1ccc2cc(OCCCCCCOC=O)ccc2c1. The van der Waals surface area contributed by atoms with Gasteiger partial charge in [0.15, 0.2) is 0 Å².